The van der Waals surface area contributed by atoms with Gasteiger partial charge in [-0.25, -0.2) is 4.99 Å². The summed E-state index contributed by atoms with van der Waals surface area (Å²) in [7, 11) is 3.08. The lowest BCUT2D eigenvalue weighted by molar-refractivity contribution is -0.114. The average Bonchev–Trinajstić information content (AvgIpc) is 3.22. The van der Waals surface area contributed by atoms with E-state index in [2.05, 4.69) is 0 Å². The van der Waals surface area contributed by atoms with E-state index < -0.39 is 11.8 Å². The first-order valence-corrected chi connectivity index (χ1v) is 12.4. The highest BCUT2D eigenvalue weighted by Crippen LogP contribution is 2.48. The molecule has 1 unspecified atom stereocenters. The van der Waals surface area contributed by atoms with Crippen LogP contribution in [0.15, 0.2) is 101 Å². The molecule has 1 aromatic heterocycles. The zero-order valence-electron chi connectivity index (χ0n) is 17.4. The molecule has 0 radical (unpaired) electrons. The summed E-state index contributed by atoms with van der Waals surface area (Å²) in [5.41, 5.74) is 16.1. The van der Waals surface area contributed by atoms with Crippen LogP contribution in [-0.4, -0.2) is 11.0 Å². The number of phenolic OH excluding ortho intramolecular Hbond substituents is 1. The number of carbonyl (C=O) groups is 1. The molecule has 1 atom stereocenters. The normalized spacial score (nSPS) is 16.1. The number of fused-ring (bicyclic) bond motifs is 1. The van der Waals surface area contributed by atoms with Crippen molar-refractivity contribution in [3.63, 3.8) is 0 Å². The summed E-state index contributed by atoms with van der Waals surface area (Å²) < 4.78 is 0.784. The summed E-state index contributed by atoms with van der Waals surface area (Å²) in [6.07, 6.45) is 0. The van der Waals surface area contributed by atoms with Gasteiger partial charge in [-0.3, -0.25) is 9.69 Å². The lowest BCUT2D eigenvalue weighted by Gasteiger charge is -2.34. The Balaban J connectivity index is 1.83. The molecule has 0 saturated carbocycles. The molecule has 2 heterocycles. The predicted octanol–water partition coefficient (Wildman–Crippen LogP) is 4.69. The highest BCUT2D eigenvalue weighted by Gasteiger charge is 2.39. The van der Waals surface area contributed by atoms with E-state index in [4.69, 9.17) is 16.5 Å². The molecule has 5 N–H and O–H groups in total. The molecule has 3 aromatic carbocycles. The number of carbonyl (C=O) groups excluding carboxylic acids is 1. The maximum absolute atomic E-state index is 12.8. The molecule has 1 amide bonds. The lowest BCUT2D eigenvalue weighted by Crippen LogP contribution is -2.37. The van der Waals surface area contributed by atoms with Crippen LogP contribution in [0.4, 0.5) is 16.4 Å². The van der Waals surface area contributed by atoms with E-state index in [1.54, 1.807) is 34.6 Å². The Bertz CT molecular complexity index is 1410. The van der Waals surface area contributed by atoms with Gasteiger partial charge in [-0.15, -0.1) is 0 Å². The third-order valence-corrected chi connectivity index (χ3v) is 7.76. The minimum Gasteiger partial charge on any atom is -0.508 e. The number of anilines is 2. The van der Waals surface area contributed by atoms with Crippen LogP contribution < -0.4 is 21.0 Å². The summed E-state index contributed by atoms with van der Waals surface area (Å²) in [5, 5.41) is 10.7. The summed E-state index contributed by atoms with van der Waals surface area (Å²) in [6, 6.07) is 26.1. The number of aromatic hydroxyl groups is 1. The lowest BCUT2D eigenvalue weighted by atomic mass is 9.83. The summed E-state index contributed by atoms with van der Waals surface area (Å²) in [5.74, 6) is -0.678. The molecule has 5 rings (SSSR count). The molecular weight excluding hydrogens is 452 g/mol. The van der Waals surface area contributed by atoms with Crippen LogP contribution in [0.2, 0.25) is 0 Å². The Kier molecular flexibility index (Phi) is 5.45. The van der Waals surface area contributed by atoms with Gasteiger partial charge in [0.25, 0.3) is 0 Å². The average molecular weight is 473 g/mol. The van der Waals surface area contributed by atoms with Crippen molar-refractivity contribution in [2.45, 2.75) is 5.92 Å². The number of phenols is 1. The molecule has 33 heavy (non-hydrogen) atoms. The maximum Gasteiger partial charge on any atom is 0.249 e. The molecule has 1 aliphatic heterocycles. The van der Waals surface area contributed by atoms with Gasteiger partial charge in [-0.05, 0) is 42.0 Å². The summed E-state index contributed by atoms with van der Waals surface area (Å²) in [6.45, 7) is 0. The van der Waals surface area contributed by atoms with Gasteiger partial charge in [-0.1, -0.05) is 69.2 Å². The molecule has 4 aromatic rings. The highest BCUT2D eigenvalue weighted by atomic mass is 32.9. The van der Waals surface area contributed by atoms with Crippen LogP contribution in [0, 0.1) is 0 Å². The van der Waals surface area contributed by atoms with Crippen molar-refractivity contribution in [3.8, 4) is 5.75 Å². The fraction of sp³-hybridized carbons (Fsp3) is 0.0400. The second-order valence-electron chi connectivity index (χ2n) is 7.50. The molecule has 1 aliphatic rings. The van der Waals surface area contributed by atoms with E-state index in [0.29, 0.717) is 11.4 Å². The van der Waals surface area contributed by atoms with Crippen molar-refractivity contribution in [1.29, 1.82) is 0 Å². The number of para-hydroxylation sites is 2. The first-order valence-electron chi connectivity index (χ1n) is 10.2. The van der Waals surface area contributed by atoms with Crippen LogP contribution in [0.5, 0.6) is 5.75 Å². The topological polar surface area (TPSA) is 105 Å². The molecule has 0 saturated heterocycles. The summed E-state index contributed by atoms with van der Waals surface area (Å²) >= 11 is 0. The van der Waals surface area contributed by atoms with Gasteiger partial charge in [0, 0.05) is 17.2 Å². The van der Waals surface area contributed by atoms with E-state index in [1.807, 2.05) is 65.6 Å². The van der Waals surface area contributed by atoms with Crippen molar-refractivity contribution in [1.82, 2.24) is 0 Å². The highest BCUT2D eigenvalue weighted by molar-refractivity contribution is 7.70. The SMILES string of the molecule is NC(=O)C1=C(N)N(c2ccccc2)c2ssc(=Nc3ccccc3)c2C1c1ccc(O)cc1. The first kappa shape index (κ1) is 21.0. The Morgan fingerprint density at radius 3 is 2.18 bits per heavy atom. The third-order valence-electron chi connectivity index (χ3n) is 5.45. The van der Waals surface area contributed by atoms with Gasteiger partial charge in [0.15, 0.2) is 0 Å². The van der Waals surface area contributed by atoms with Crippen LogP contribution >= 0.6 is 20.7 Å². The third kappa shape index (κ3) is 3.79. The molecule has 0 bridgehead atoms. The van der Waals surface area contributed by atoms with Crippen molar-refractivity contribution < 1.29 is 9.90 Å². The Labute approximate surface area is 197 Å². The van der Waals surface area contributed by atoms with E-state index in [0.717, 1.165) is 32.2 Å². The van der Waals surface area contributed by atoms with E-state index in [1.165, 1.54) is 10.3 Å². The molecule has 0 spiro atoms. The van der Waals surface area contributed by atoms with Gasteiger partial charge in [-0.2, -0.15) is 0 Å². The van der Waals surface area contributed by atoms with E-state index in [-0.39, 0.29) is 5.75 Å². The number of rotatable bonds is 4. The quantitative estimate of drug-likeness (QED) is 0.375. The number of benzene rings is 3. The van der Waals surface area contributed by atoms with Gasteiger partial charge in [0.05, 0.1) is 11.3 Å². The van der Waals surface area contributed by atoms with Crippen molar-refractivity contribution in [3.05, 3.63) is 112 Å². The predicted molar refractivity (Wildman–Crippen MR) is 133 cm³/mol. The number of nitrogens with two attached hydrogens (primary N) is 2. The largest absolute Gasteiger partial charge is 0.508 e. The zero-order valence-corrected chi connectivity index (χ0v) is 19.0. The standard InChI is InChI=1S/C25H20N4O2S2/c26-22-20(23(27)31)19(15-11-13-18(30)14-12-15)21-24(28-16-7-3-1-4-8-16)32-33-25(21)29(22)17-9-5-2-6-10-17/h1-14,19,30H,26H2,(H2,27,31). The van der Waals surface area contributed by atoms with Crippen LogP contribution in [-0.2, 0) is 4.79 Å². The Morgan fingerprint density at radius 2 is 1.55 bits per heavy atom. The smallest absolute Gasteiger partial charge is 0.249 e. The monoisotopic (exact) mass is 472 g/mol. The minimum atomic E-state index is -0.598. The summed E-state index contributed by atoms with van der Waals surface area (Å²) in [4.78, 5) is 19.5. The van der Waals surface area contributed by atoms with E-state index >= 15 is 0 Å². The molecule has 164 valence electrons. The maximum atomic E-state index is 12.8. The fourth-order valence-electron chi connectivity index (χ4n) is 3.99. The van der Waals surface area contributed by atoms with E-state index in [9.17, 15) is 9.90 Å². The molecule has 0 fully saturated rings. The van der Waals surface area contributed by atoms with Crippen LogP contribution in [0.1, 0.15) is 17.0 Å². The van der Waals surface area contributed by atoms with Crippen molar-refractivity contribution >= 4 is 43.0 Å². The number of amides is 1. The van der Waals surface area contributed by atoms with Crippen LogP contribution in [0.3, 0.4) is 0 Å². The molecule has 8 heteroatoms. The Hall–Kier alpha value is -3.88. The van der Waals surface area contributed by atoms with Crippen molar-refractivity contribution in [2.75, 3.05) is 4.90 Å². The Morgan fingerprint density at radius 1 is 0.909 bits per heavy atom. The molecular formula is C25H20N4O2S2. The number of primary amides is 1. The zero-order chi connectivity index (χ0) is 22.9. The number of hydrogen-bond donors (Lipinski definition) is 3. The minimum absolute atomic E-state index is 0.139. The first-order chi connectivity index (χ1) is 16.0. The fourth-order valence-corrected chi connectivity index (χ4v) is 6.59. The second kappa shape index (κ2) is 8.57. The number of hydrogen-bond acceptors (Lipinski definition) is 7. The van der Waals surface area contributed by atoms with Gasteiger partial charge < -0.3 is 16.6 Å². The number of nitrogens with zero attached hydrogens (tertiary/aromatic N) is 2. The van der Waals surface area contributed by atoms with Gasteiger partial charge in [0.2, 0.25) is 5.91 Å². The van der Waals surface area contributed by atoms with Crippen LogP contribution in [0.25, 0.3) is 0 Å². The van der Waals surface area contributed by atoms with Crippen molar-refractivity contribution in [2.24, 2.45) is 16.5 Å². The van der Waals surface area contributed by atoms with Gasteiger partial charge >= 0.3 is 0 Å². The molecule has 0 aliphatic carbocycles. The second-order valence-corrected chi connectivity index (χ2v) is 9.60. The van der Waals surface area contributed by atoms with Gasteiger partial charge in [0.1, 0.15) is 21.2 Å². The molecule has 6 nitrogen and oxygen atoms in total.